The summed E-state index contributed by atoms with van der Waals surface area (Å²) in [6.45, 7) is 0. The number of nitrogens with zero attached hydrogens (tertiary/aromatic N) is 3. The predicted octanol–water partition coefficient (Wildman–Crippen LogP) is 2.27. The lowest BCUT2D eigenvalue weighted by atomic mass is 10.3. The van der Waals surface area contributed by atoms with Crippen LogP contribution in [-0.4, -0.2) is 31.0 Å². The van der Waals surface area contributed by atoms with E-state index in [0.717, 1.165) is 0 Å². The van der Waals surface area contributed by atoms with Gasteiger partial charge in [-0.05, 0) is 24.3 Å². The van der Waals surface area contributed by atoms with Crippen molar-refractivity contribution in [1.82, 2.24) is 19.9 Å². The zero-order valence-electron chi connectivity index (χ0n) is 10.6. The molecule has 0 bridgehead atoms. The topological polar surface area (TPSA) is 91.8 Å². The van der Waals surface area contributed by atoms with Gasteiger partial charge in [-0.1, -0.05) is 0 Å². The van der Waals surface area contributed by atoms with Crippen molar-refractivity contribution >= 4 is 5.97 Å². The zero-order chi connectivity index (χ0) is 14.5. The molecule has 0 fully saturated rings. The Balaban J connectivity index is 3.25. The molecule has 0 aliphatic rings. The maximum absolute atomic E-state index is 10.9. The number of H-pyrrole nitrogens is 1. The van der Waals surface area contributed by atoms with E-state index in [1.807, 2.05) is 0 Å². The van der Waals surface area contributed by atoms with Crippen LogP contribution in [0.5, 0.6) is 0 Å². The molecular weight excluding hydrogens is 256 g/mol. The van der Waals surface area contributed by atoms with Crippen LogP contribution >= 0.6 is 0 Å². The first kappa shape index (κ1) is 15.0. The van der Waals surface area contributed by atoms with Crippen LogP contribution in [0.3, 0.4) is 0 Å². The van der Waals surface area contributed by atoms with E-state index in [1.54, 1.807) is 36.9 Å². The van der Waals surface area contributed by atoms with Crippen LogP contribution in [0, 0.1) is 0 Å². The van der Waals surface area contributed by atoms with Gasteiger partial charge in [0.2, 0.25) is 0 Å². The molecule has 6 heteroatoms. The average molecular weight is 270 g/mol. The number of rotatable bonds is 1. The molecule has 0 saturated heterocycles. The van der Waals surface area contributed by atoms with Gasteiger partial charge in [0.05, 0.1) is 5.56 Å². The van der Waals surface area contributed by atoms with E-state index < -0.39 is 5.97 Å². The van der Waals surface area contributed by atoms with Crippen LogP contribution < -0.4 is 0 Å². The maximum Gasteiger partial charge on any atom is 0.335 e. The van der Waals surface area contributed by atoms with Gasteiger partial charge in [0.15, 0.2) is 0 Å². The van der Waals surface area contributed by atoms with Crippen molar-refractivity contribution in [3.63, 3.8) is 0 Å². The third-order valence-corrected chi connectivity index (χ3v) is 1.90. The van der Waals surface area contributed by atoms with Gasteiger partial charge in [-0.2, -0.15) is 0 Å². The Kier molecular flexibility index (Phi) is 7.49. The molecule has 20 heavy (non-hydrogen) atoms. The van der Waals surface area contributed by atoms with Crippen LogP contribution in [0.1, 0.15) is 10.4 Å². The first-order valence-corrected chi connectivity index (χ1v) is 5.71. The third-order valence-electron chi connectivity index (χ3n) is 1.90. The predicted molar refractivity (Wildman–Crippen MR) is 74.0 cm³/mol. The largest absolute Gasteiger partial charge is 0.478 e. The second-order valence-corrected chi connectivity index (χ2v) is 3.32. The van der Waals surface area contributed by atoms with Gasteiger partial charge in [0.1, 0.15) is 0 Å². The van der Waals surface area contributed by atoms with Gasteiger partial charge >= 0.3 is 5.97 Å². The number of carboxylic acid groups (broad SMARTS) is 1. The number of hydrogen-bond donors (Lipinski definition) is 2. The second-order valence-electron chi connectivity index (χ2n) is 3.32. The molecule has 1 aromatic rings. The highest BCUT2D eigenvalue weighted by molar-refractivity contribution is 5.87. The normalized spacial score (nSPS) is 8.40. The summed E-state index contributed by atoms with van der Waals surface area (Å²) in [5.41, 5.74) is 0.119. The number of nitrogens with one attached hydrogen (secondary N) is 1. The average Bonchev–Trinajstić information content (AvgIpc) is 2.43. The van der Waals surface area contributed by atoms with Crippen LogP contribution in [0.4, 0.5) is 0 Å². The molecule has 0 radical (unpaired) electrons. The summed E-state index contributed by atoms with van der Waals surface area (Å²) >= 11 is 0. The number of carboxylic acids is 1. The highest BCUT2D eigenvalue weighted by atomic mass is 16.4. The molecule has 6 nitrogen and oxygen atoms in total. The summed E-state index contributed by atoms with van der Waals surface area (Å²) in [6.07, 6.45) is 12.2. The Hall–Kier alpha value is -3.02. The molecule has 0 unspecified atom stereocenters. The van der Waals surface area contributed by atoms with E-state index in [0.29, 0.717) is 0 Å². The van der Waals surface area contributed by atoms with Crippen LogP contribution in [0.15, 0.2) is 73.8 Å². The fourth-order valence-electron chi connectivity index (χ4n) is 1.03. The van der Waals surface area contributed by atoms with Crippen molar-refractivity contribution in [2.45, 2.75) is 0 Å². The van der Waals surface area contributed by atoms with Gasteiger partial charge in [-0.3, -0.25) is 15.0 Å². The van der Waals surface area contributed by atoms with Crippen molar-refractivity contribution in [1.29, 1.82) is 0 Å². The van der Waals surface area contributed by atoms with E-state index in [2.05, 4.69) is 19.9 Å². The Morgan fingerprint density at radius 3 is 2.30 bits per heavy atom. The number of hydrogen-bond acceptors (Lipinski definition) is 4. The van der Waals surface area contributed by atoms with Crippen molar-refractivity contribution in [2.24, 2.45) is 0 Å². The molecule has 1 aromatic heterocycles. The van der Waals surface area contributed by atoms with Gasteiger partial charge in [-0.15, -0.1) is 0 Å². The van der Waals surface area contributed by atoms with Crippen molar-refractivity contribution in [3.05, 3.63) is 79.4 Å². The molecule has 0 atom stereocenters. The number of carbonyl (C=O) groups is 1. The lowest BCUT2D eigenvalue weighted by molar-refractivity contribution is 0.0697. The van der Waals surface area contributed by atoms with E-state index in [-0.39, 0.29) is 5.56 Å². The summed E-state index contributed by atoms with van der Waals surface area (Å²) in [7, 11) is 0. The number of aromatic carboxylic acids is 1. The summed E-state index contributed by atoms with van der Waals surface area (Å²) in [4.78, 5) is 25.5. The van der Waals surface area contributed by atoms with E-state index in [1.165, 1.54) is 36.9 Å². The summed E-state index contributed by atoms with van der Waals surface area (Å²) in [6, 6.07) is 6.05. The molecule has 1 rings (SSSR count). The van der Waals surface area contributed by atoms with Crippen molar-refractivity contribution in [2.75, 3.05) is 0 Å². The molecule has 102 valence electrons. The third kappa shape index (κ3) is 7.33. The van der Waals surface area contributed by atoms with Crippen molar-refractivity contribution < 1.29 is 9.90 Å². The summed E-state index contributed by atoms with van der Waals surface area (Å²) < 4.78 is 0. The summed E-state index contributed by atoms with van der Waals surface area (Å²) in [5.74, 6) is -1.03. The lowest BCUT2D eigenvalue weighted by Crippen LogP contribution is -1.93. The zero-order valence-corrected chi connectivity index (χ0v) is 10.6. The molecule has 0 aliphatic carbocycles. The smallest absolute Gasteiger partial charge is 0.335 e. The second kappa shape index (κ2) is 9.95. The Morgan fingerprint density at radius 1 is 0.850 bits per heavy atom. The minimum Gasteiger partial charge on any atom is -0.478 e. The highest BCUT2D eigenvalue weighted by Crippen LogP contribution is 1.91. The standard InChI is InChI=1S/C14H14N4O2/c19-14(20)13-3-1-5-16-9-11-18-12-10-17-7-2-6-15-8-4-13/h1-12,16H,(H,19,20). The molecule has 0 aliphatic heterocycles. The Bertz CT molecular complexity index is 553. The van der Waals surface area contributed by atoms with Crippen LogP contribution in [0.25, 0.3) is 0 Å². The molecule has 0 amide bonds. The number of aromatic nitrogens is 4. The number of aromatic amines is 1. The van der Waals surface area contributed by atoms with Crippen molar-refractivity contribution in [3.8, 4) is 0 Å². The molecule has 1 heterocycles. The minimum absolute atomic E-state index is 0.119. The minimum atomic E-state index is -1.03. The maximum atomic E-state index is 10.9. The van der Waals surface area contributed by atoms with Gasteiger partial charge < -0.3 is 10.1 Å². The molecule has 2 N–H and O–H groups in total. The monoisotopic (exact) mass is 270 g/mol. The molecule has 0 saturated carbocycles. The van der Waals surface area contributed by atoms with E-state index in [4.69, 9.17) is 5.11 Å². The summed E-state index contributed by atoms with van der Waals surface area (Å²) in [5, 5.41) is 8.97. The molecule has 0 aromatic carbocycles. The van der Waals surface area contributed by atoms with E-state index in [9.17, 15) is 4.79 Å². The Labute approximate surface area is 116 Å². The first-order chi connectivity index (χ1) is 9.80. The lowest BCUT2D eigenvalue weighted by Gasteiger charge is -1.85. The van der Waals surface area contributed by atoms with Crippen LogP contribution in [-0.2, 0) is 0 Å². The van der Waals surface area contributed by atoms with Gasteiger partial charge in [0, 0.05) is 49.6 Å². The van der Waals surface area contributed by atoms with E-state index >= 15 is 0 Å². The fourth-order valence-corrected chi connectivity index (χ4v) is 1.03. The van der Waals surface area contributed by atoms with Crippen LogP contribution in [0.2, 0.25) is 0 Å². The van der Waals surface area contributed by atoms with Gasteiger partial charge in [-0.25, -0.2) is 4.79 Å². The first-order valence-electron chi connectivity index (χ1n) is 5.71. The SMILES string of the molecule is O=C(O)c1ccc[nH]ccnccncccncc1. The quantitative estimate of drug-likeness (QED) is 0.816. The molecular formula is C14H14N4O2. The molecule has 0 spiro atoms. The highest BCUT2D eigenvalue weighted by Gasteiger charge is 1.95. The van der Waals surface area contributed by atoms with Gasteiger partial charge in [0.25, 0.3) is 0 Å². The Morgan fingerprint density at radius 2 is 1.55 bits per heavy atom. The fraction of sp³-hybridized carbons (Fsp3) is 0.